The molecule has 6 heteroatoms. The lowest BCUT2D eigenvalue weighted by atomic mass is 9.78. The second-order valence-electron chi connectivity index (χ2n) is 6.42. The third kappa shape index (κ3) is 2.79. The van der Waals surface area contributed by atoms with Gasteiger partial charge in [0.25, 0.3) is 0 Å². The molecule has 5 nitrogen and oxygen atoms in total. The molecular formula is C15H22N2O3S. The van der Waals surface area contributed by atoms with Gasteiger partial charge in [-0.2, -0.15) is 0 Å². The van der Waals surface area contributed by atoms with E-state index in [1.165, 1.54) is 10.6 Å². The summed E-state index contributed by atoms with van der Waals surface area (Å²) in [6.45, 7) is 3.21. The number of sulfonamides is 1. The summed E-state index contributed by atoms with van der Waals surface area (Å²) in [7, 11) is -3.11. The molecular weight excluding hydrogens is 288 g/mol. The highest BCUT2D eigenvalue weighted by Gasteiger charge is 2.41. The second-order valence-corrected chi connectivity index (χ2v) is 8.40. The van der Waals surface area contributed by atoms with E-state index < -0.39 is 10.0 Å². The monoisotopic (exact) mass is 310 g/mol. The summed E-state index contributed by atoms with van der Waals surface area (Å²) in [4.78, 5) is 12.3. The Morgan fingerprint density at radius 1 is 1.29 bits per heavy atom. The van der Waals surface area contributed by atoms with Crippen molar-refractivity contribution in [1.29, 1.82) is 0 Å². The number of hydrogen-bond acceptors (Lipinski definition) is 3. The summed E-state index contributed by atoms with van der Waals surface area (Å²) in [5, 5.41) is 2.99. The van der Waals surface area contributed by atoms with Crippen LogP contribution in [-0.4, -0.2) is 38.0 Å². The van der Waals surface area contributed by atoms with Crippen molar-refractivity contribution in [2.75, 3.05) is 19.3 Å². The van der Waals surface area contributed by atoms with Crippen molar-refractivity contribution in [3.63, 3.8) is 0 Å². The fourth-order valence-corrected chi connectivity index (χ4v) is 4.51. The van der Waals surface area contributed by atoms with Gasteiger partial charge in [0.1, 0.15) is 0 Å². The first kappa shape index (κ1) is 14.8. The molecule has 21 heavy (non-hydrogen) atoms. The maximum absolute atomic E-state index is 12.3. The van der Waals surface area contributed by atoms with E-state index in [0.717, 1.165) is 30.5 Å². The molecule has 1 amide bonds. The van der Waals surface area contributed by atoms with E-state index in [9.17, 15) is 13.2 Å². The van der Waals surface area contributed by atoms with E-state index in [1.54, 1.807) is 0 Å². The molecule has 2 unspecified atom stereocenters. The zero-order valence-electron chi connectivity index (χ0n) is 12.5. The van der Waals surface area contributed by atoms with Crippen LogP contribution in [0.5, 0.6) is 0 Å². The minimum Gasteiger partial charge on any atom is -0.326 e. The van der Waals surface area contributed by atoms with Gasteiger partial charge in [0, 0.05) is 18.8 Å². The highest BCUT2D eigenvalue weighted by atomic mass is 32.2. The Labute approximate surface area is 126 Å². The molecule has 2 heterocycles. The van der Waals surface area contributed by atoms with Crippen LogP contribution >= 0.6 is 0 Å². The lowest BCUT2D eigenvalue weighted by molar-refractivity contribution is -0.123. The van der Waals surface area contributed by atoms with Crippen molar-refractivity contribution in [3.8, 4) is 0 Å². The summed E-state index contributed by atoms with van der Waals surface area (Å²) in [5.74, 6) is 0.695. The van der Waals surface area contributed by atoms with Crippen LogP contribution in [0.25, 0.3) is 0 Å². The zero-order chi connectivity index (χ0) is 15.2. The Morgan fingerprint density at radius 3 is 2.57 bits per heavy atom. The van der Waals surface area contributed by atoms with Crippen LogP contribution in [0.3, 0.4) is 0 Å². The molecule has 3 rings (SSSR count). The van der Waals surface area contributed by atoms with E-state index in [-0.39, 0.29) is 17.7 Å². The Kier molecular flexibility index (Phi) is 3.69. The molecule has 0 bridgehead atoms. The number of fused-ring (bicyclic) bond motifs is 1. The third-order valence-electron chi connectivity index (χ3n) is 4.78. The minimum atomic E-state index is -3.11. The molecule has 0 radical (unpaired) electrons. The molecule has 2 atom stereocenters. The first-order valence-corrected chi connectivity index (χ1v) is 9.39. The average molecular weight is 310 g/mol. The van der Waals surface area contributed by atoms with E-state index in [4.69, 9.17) is 0 Å². The number of nitrogens with one attached hydrogen (secondary N) is 1. The van der Waals surface area contributed by atoms with Gasteiger partial charge in [-0.3, -0.25) is 4.79 Å². The quantitative estimate of drug-likeness (QED) is 0.835. The molecule has 0 aromatic rings. The summed E-state index contributed by atoms with van der Waals surface area (Å²) in [6, 6.07) is 0. The molecule has 2 aliphatic heterocycles. The SMILES string of the molecule is CC1C=C2C(=CC1)NC(=O)C2C1CCN(S(C)(=O)=O)CC1. The number of piperidine rings is 1. The molecule has 0 saturated carbocycles. The summed E-state index contributed by atoms with van der Waals surface area (Å²) < 4.78 is 24.7. The molecule has 2 saturated heterocycles. The van der Waals surface area contributed by atoms with E-state index in [0.29, 0.717) is 19.0 Å². The van der Waals surface area contributed by atoms with Crippen LogP contribution in [0.2, 0.25) is 0 Å². The molecule has 0 aromatic heterocycles. The second kappa shape index (κ2) is 5.25. The number of allylic oxidation sites excluding steroid dienone is 3. The summed E-state index contributed by atoms with van der Waals surface area (Å²) in [6.07, 6.45) is 8.05. The van der Waals surface area contributed by atoms with Gasteiger partial charge >= 0.3 is 0 Å². The van der Waals surface area contributed by atoms with Crippen LogP contribution in [0, 0.1) is 17.8 Å². The van der Waals surface area contributed by atoms with Crippen LogP contribution in [0.1, 0.15) is 26.2 Å². The molecule has 3 aliphatic rings. The number of rotatable bonds is 2. The average Bonchev–Trinajstić information content (AvgIpc) is 2.73. The van der Waals surface area contributed by atoms with E-state index in [1.807, 2.05) is 0 Å². The van der Waals surface area contributed by atoms with Crippen LogP contribution in [0.15, 0.2) is 23.4 Å². The molecule has 0 aromatic carbocycles. The predicted molar refractivity (Wildman–Crippen MR) is 80.7 cm³/mol. The number of carbonyl (C=O) groups excluding carboxylic acids is 1. The van der Waals surface area contributed by atoms with Crippen molar-refractivity contribution < 1.29 is 13.2 Å². The Hall–Kier alpha value is -1.14. The van der Waals surface area contributed by atoms with E-state index >= 15 is 0 Å². The third-order valence-corrected chi connectivity index (χ3v) is 6.09. The largest absolute Gasteiger partial charge is 0.326 e. The number of carbonyl (C=O) groups is 1. The van der Waals surface area contributed by atoms with E-state index in [2.05, 4.69) is 24.4 Å². The van der Waals surface area contributed by atoms with Crippen molar-refractivity contribution in [3.05, 3.63) is 23.4 Å². The molecule has 2 fully saturated rings. The van der Waals surface area contributed by atoms with Gasteiger partial charge in [0.15, 0.2) is 0 Å². The van der Waals surface area contributed by atoms with Gasteiger partial charge in [0.2, 0.25) is 15.9 Å². The van der Waals surface area contributed by atoms with Gasteiger partial charge in [0.05, 0.1) is 12.2 Å². The summed E-state index contributed by atoms with van der Waals surface area (Å²) in [5.41, 5.74) is 2.12. The lowest BCUT2D eigenvalue weighted by Gasteiger charge is -2.33. The van der Waals surface area contributed by atoms with Crippen molar-refractivity contribution in [1.82, 2.24) is 9.62 Å². The Balaban J connectivity index is 1.76. The first-order valence-electron chi connectivity index (χ1n) is 7.54. The maximum atomic E-state index is 12.3. The Morgan fingerprint density at radius 2 is 1.95 bits per heavy atom. The smallest absolute Gasteiger partial charge is 0.232 e. The highest BCUT2D eigenvalue weighted by molar-refractivity contribution is 7.88. The van der Waals surface area contributed by atoms with Crippen LogP contribution in [-0.2, 0) is 14.8 Å². The zero-order valence-corrected chi connectivity index (χ0v) is 13.3. The first-order chi connectivity index (χ1) is 9.86. The topological polar surface area (TPSA) is 66.5 Å². The number of hydrogen-bond donors (Lipinski definition) is 1. The highest BCUT2D eigenvalue weighted by Crippen LogP contribution is 2.40. The predicted octanol–water partition coefficient (Wildman–Crippen LogP) is 1.25. The minimum absolute atomic E-state index is 0.0828. The van der Waals surface area contributed by atoms with Crippen molar-refractivity contribution in [2.45, 2.75) is 26.2 Å². The van der Waals surface area contributed by atoms with Gasteiger partial charge in [-0.25, -0.2) is 12.7 Å². The van der Waals surface area contributed by atoms with Gasteiger partial charge in [-0.1, -0.05) is 19.1 Å². The molecule has 0 spiro atoms. The van der Waals surface area contributed by atoms with Crippen LogP contribution < -0.4 is 5.32 Å². The standard InChI is InChI=1S/C15H22N2O3S/c1-10-3-4-13-12(9-10)14(15(18)16-13)11-5-7-17(8-6-11)21(2,19)20/h4,9-11,14H,3,5-8H2,1-2H3,(H,16,18). The van der Waals surface area contributed by atoms with Gasteiger partial charge < -0.3 is 5.32 Å². The fraction of sp³-hybridized carbons (Fsp3) is 0.667. The summed E-state index contributed by atoms with van der Waals surface area (Å²) >= 11 is 0. The maximum Gasteiger partial charge on any atom is 0.232 e. The van der Waals surface area contributed by atoms with Gasteiger partial charge in [-0.05, 0) is 36.7 Å². The molecule has 1 N–H and O–H groups in total. The lowest BCUT2D eigenvalue weighted by Crippen LogP contribution is -2.40. The Bertz CT molecular complexity index is 613. The number of amides is 1. The fourth-order valence-electron chi connectivity index (χ4n) is 3.64. The molecule has 1 aliphatic carbocycles. The van der Waals surface area contributed by atoms with Crippen LogP contribution in [0.4, 0.5) is 0 Å². The number of nitrogens with zero attached hydrogens (tertiary/aromatic N) is 1. The molecule has 116 valence electrons. The normalized spacial score (nSPS) is 31.4. The van der Waals surface area contributed by atoms with Crippen molar-refractivity contribution >= 4 is 15.9 Å². The van der Waals surface area contributed by atoms with Crippen molar-refractivity contribution in [2.24, 2.45) is 17.8 Å². The van der Waals surface area contributed by atoms with Gasteiger partial charge in [-0.15, -0.1) is 0 Å².